The number of sulfonamides is 1. The van der Waals surface area contributed by atoms with E-state index in [-0.39, 0.29) is 0 Å². The minimum absolute atomic E-state index is 0.410. The van der Waals surface area contributed by atoms with Gasteiger partial charge in [-0.2, -0.15) is 9.67 Å². The lowest BCUT2D eigenvalue weighted by Crippen LogP contribution is -2.35. The van der Waals surface area contributed by atoms with E-state index in [4.69, 9.17) is 0 Å². The highest BCUT2D eigenvalue weighted by molar-refractivity contribution is 7.90. The van der Waals surface area contributed by atoms with E-state index in [0.29, 0.717) is 11.0 Å². The molecule has 1 aromatic carbocycles. The molecule has 23 heavy (non-hydrogen) atoms. The summed E-state index contributed by atoms with van der Waals surface area (Å²) in [5.41, 5.74) is -0.918. The largest absolute Gasteiger partial charge is 0.573 e. The summed E-state index contributed by atoms with van der Waals surface area (Å²) in [5, 5.41) is 1.86. The highest BCUT2D eigenvalue weighted by Gasteiger charge is 2.34. The molecule has 2 aromatic rings. The number of halogens is 3. The van der Waals surface area contributed by atoms with Crippen molar-refractivity contribution in [1.82, 2.24) is 19.5 Å². The molecule has 1 amide bonds. The van der Waals surface area contributed by atoms with Crippen molar-refractivity contribution in [3.8, 4) is 5.75 Å². The Morgan fingerprint density at radius 3 is 2.52 bits per heavy atom. The van der Waals surface area contributed by atoms with E-state index < -0.39 is 38.8 Å². The Labute approximate surface area is 125 Å². The van der Waals surface area contributed by atoms with Gasteiger partial charge >= 0.3 is 18.1 Å². The van der Waals surface area contributed by atoms with Crippen molar-refractivity contribution in [2.24, 2.45) is 0 Å². The van der Waals surface area contributed by atoms with Crippen LogP contribution in [-0.2, 0) is 10.0 Å². The zero-order valence-corrected chi connectivity index (χ0v) is 11.7. The van der Waals surface area contributed by atoms with Crippen molar-refractivity contribution in [3.63, 3.8) is 0 Å². The number of amides is 1. The van der Waals surface area contributed by atoms with Crippen LogP contribution >= 0.6 is 0 Å². The molecule has 9 nitrogen and oxygen atoms in total. The van der Waals surface area contributed by atoms with E-state index in [1.54, 1.807) is 0 Å². The van der Waals surface area contributed by atoms with Gasteiger partial charge in [-0.15, -0.1) is 13.2 Å². The fraction of sp³-hybridized carbons (Fsp3) is 0.100. The third kappa shape index (κ3) is 4.09. The number of alkyl halides is 3. The number of carbonyl (C=O) groups excluding carboxylic acids is 1. The summed E-state index contributed by atoms with van der Waals surface area (Å²) in [7, 11) is -4.70. The van der Waals surface area contributed by atoms with Crippen LogP contribution in [0.2, 0.25) is 0 Å². The molecule has 0 fully saturated rings. The fourth-order valence-electron chi connectivity index (χ4n) is 1.47. The summed E-state index contributed by atoms with van der Waals surface area (Å²) in [6.45, 7) is 0. The number of ether oxygens (including phenoxy) is 1. The van der Waals surface area contributed by atoms with Crippen LogP contribution in [0.1, 0.15) is 0 Å². The van der Waals surface area contributed by atoms with Gasteiger partial charge in [-0.05, 0) is 12.1 Å². The zero-order valence-electron chi connectivity index (χ0n) is 10.9. The first-order valence-corrected chi connectivity index (χ1v) is 7.12. The fourth-order valence-corrected chi connectivity index (χ4v) is 2.54. The lowest BCUT2D eigenvalue weighted by molar-refractivity contribution is -0.275. The third-order valence-electron chi connectivity index (χ3n) is 2.31. The van der Waals surface area contributed by atoms with E-state index in [1.807, 2.05) is 5.10 Å². The molecule has 1 aromatic heterocycles. The Morgan fingerprint density at radius 2 is 1.96 bits per heavy atom. The first kappa shape index (κ1) is 16.5. The van der Waals surface area contributed by atoms with Crippen molar-refractivity contribution in [1.29, 1.82) is 0 Å². The van der Waals surface area contributed by atoms with Crippen LogP contribution in [0, 0.1) is 0 Å². The molecule has 0 spiro atoms. The Morgan fingerprint density at radius 1 is 1.30 bits per heavy atom. The number of rotatable bonds is 3. The van der Waals surface area contributed by atoms with Gasteiger partial charge < -0.3 is 4.74 Å². The van der Waals surface area contributed by atoms with E-state index in [1.165, 1.54) is 4.72 Å². The number of benzene rings is 1. The average Bonchev–Trinajstić information content (AvgIpc) is 2.83. The maximum Gasteiger partial charge on any atom is 0.573 e. The zero-order chi connectivity index (χ0) is 17.3. The number of para-hydroxylation sites is 1. The predicted molar refractivity (Wildman–Crippen MR) is 67.1 cm³/mol. The molecule has 1 heterocycles. The maximum absolute atomic E-state index is 12.3. The number of H-pyrrole nitrogens is 1. The second-order valence-electron chi connectivity index (χ2n) is 3.94. The number of aromatic nitrogens is 3. The van der Waals surface area contributed by atoms with Crippen molar-refractivity contribution >= 4 is 16.1 Å². The molecule has 0 saturated heterocycles. The van der Waals surface area contributed by atoms with Crippen molar-refractivity contribution < 1.29 is 31.1 Å². The van der Waals surface area contributed by atoms with Crippen LogP contribution in [0.25, 0.3) is 0 Å². The molecule has 0 atom stereocenters. The highest BCUT2D eigenvalue weighted by Crippen LogP contribution is 2.29. The van der Waals surface area contributed by atoms with Crippen molar-refractivity contribution in [2.45, 2.75) is 11.3 Å². The SMILES string of the molecule is O=C(NS(=O)(=O)c1ccccc1OC(F)(F)F)n1cnc(=O)[nH]1. The molecule has 13 heteroatoms. The molecular formula is C10H7F3N4O5S. The highest BCUT2D eigenvalue weighted by atomic mass is 32.2. The summed E-state index contributed by atoms with van der Waals surface area (Å²) >= 11 is 0. The number of carbonyl (C=O) groups is 1. The Hall–Kier alpha value is -2.83. The van der Waals surface area contributed by atoms with Crippen LogP contribution in [0.3, 0.4) is 0 Å². The molecule has 2 rings (SSSR count). The predicted octanol–water partition coefficient (Wildman–Crippen LogP) is 0.417. The summed E-state index contributed by atoms with van der Waals surface area (Å²) in [6, 6.07) is 2.50. The van der Waals surface area contributed by atoms with Crippen LogP contribution in [-0.4, -0.2) is 35.6 Å². The smallest absolute Gasteiger partial charge is 0.404 e. The number of nitrogens with zero attached hydrogens (tertiary/aromatic N) is 2. The molecule has 124 valence electrons. The third-order valence-corrected chi connectivity index (χ3v) is 3.67. The summed E-state index contributed by atoms with van der Waals surface area (Å²) in [6.07, 6.45) is -4.42. The summed E-state index contributed by atoms with van der Waals surface area (Å²) in [5.74, 6) is -1.01. The minimum Gasteiger partial charge on any atom is -0.404 e. The number of hydrogen-bond donors (Lipinski definition) is 2. The van der Waals surface area contributed by atoms with Gasteiger partial charge in [0.2, 0.25) is 0 Å². The van der Waals surface area contributed by atoms with E-state index in [9.17, 15) is 31.2 Å². The van der Waals surface area contributed by atoms with E-state index in [0.717, 1.165) is 24.3 Å². The Kier molecular flexibility index (Phi) is 4.14. The first-order valence-electron chi connectivity index (χ1n) is 5.64. The number of aromatic amines is 1. The molecule has 0 radical (unpaired) electrons. The van der Waals surface area contributed by atoms with Crippen molar-refractivity contribution in [2.75, 3.05) is 0 Å². The van der Waals surface area contributed by atoms with Gasteiger partial charge in [-0.25, -0.2) is 27.8 Å². The Bertz CT molecular complexity index is 886. The minimum atomic E-state index is -5.12. The Balaban J connectivity index is 2.33. The summed E-state index contributed by atoms with van der Waals surface area (Å²) < 4.78 is 66.4. The van der Waals surface area contributed by atoms with Crippen LogP contribution in [0.4, 0.5) is 18.0 Å². The van der Waals surface area contributed by atoms with Gasteiger partial charge in [0, 0.05) is 0 Å². The lowest BCUT2D eigenvalue weighted by Gasteiger charge is -2.13. The van der Waals surface area contributed by atoms with E-state index >= 15 is 0 Å². The van der Waals surface area contributed by atoms with Gasteiger partial charge in [-0.3, -0.25) is 0 Å². The number of hydrogen-bond acceptors (Lipinski definition) is 6. The molecule has 0 aliphatic heterocycles. The number of nitrogens with one attached hydrogen (secondary N) is 2. The van der Waals surface area contributed by atoms with E-state index in [2.05, 4.69) is 9.72 Å². The standard InChI is InChI=1S/C10H7F3N4O5S/c11-10(12,13)22-6-3-1-2-4-7(6)23(20,21)16-9(19)17-5-14-8(18)15-17/h1-5H,(H,15,18)(H,16,19). The van der Waals surface area contributed by atoms with Gasteiger partial charge in [0.15, 0.2) is 0 Å². The van der Waals surface area contributed by atoms with Gasteiger partial charge in [-0.1, -0.05) is 12.1 Å². The normalized spacial score (nSPS) is 12.0. The van der Waals surface area contributed by atoms with Crippen LogP contribution in [0.5, 0.6) is 5.75 Å². The second kappa shape index (κ2) is 5.75. The maximum atomic E-state index is 12.3. The summed E-state index contributed by atoms with van der Waals surface area (Å²) in [4.78, 5) is 24.6. The van der Waals surface area contributed by atoms with Crippen LogP contribution in [0.15, 0.2) is 40.3 Å². The molecule has 0 bridgehead atoms. The quantitative estimate of drug-likeness (QED) is 0.825. The topological polar surface area (TPSA) is 123 Å². The average molecular weight is 352 g/mol. The second-order valence-corrected chi connectivity index (χ2v) is 5.59. The van der Waals surface area contributed by atoms with Gasteiger partial charge in [0.1, 0.15) is 17.0 Å². The van der Waals surface area contributed by atoms with Crippen LogP contribution < -0.4 is 15.1 Å². The van der Waals surface area contributed by atoms with Crippen molar-refractivity contribution in [3.05, 3.63) is 41.1 Å². The van der Waals surface area contributed by atoms with Gasteiger partial charge in [0.05, 0.1) is 0 Å². The van der Waals surface area contributed by atoms with Gasteiger partial charge in [0.25, 0.3) is 10.0 Å². The molecule has 0 aliphatic carbocycles. The molecule has 0 unspecified atom stereocenters. The molecule has 0 saturated carbocycles. The monoisotopic (exact) mass is 352 g/mol. The molecule has 2 N–H and O–H groups in total. The lowest BCUT2D eigenvalue weighted by atomic mass is 10.3. The molecule has 0 aliphatic rings. The molecular weight excluding hydrogens is 345 g/mol. The first-order chi connectivity index (χ1) is 10.6.